The van der Waals surface area contributed by atoms with Crippen LogP contribution in [0.15, 0.2) is 4.47 Å². The predicted molar refractivity (Wildman–Crippen MR) is 80.3 cm³/mol. The highest BCUT2D eigenvalue weighted by molar-refractivity contribution is 9.10. The number of nitrogens with two attached hydrogens (primary N) is 1. The van der Waals surface area contributed by atoms with Gasteiger partial charge in [-0.05, 0) is 42.6 Å². The number of nitrogens with zero attached hydrogens (tertiary/aromatic N) is 3. The Morgan fingerprint density at radius 2 is 2.26 bits per heavy atom. The monoisotopic (exact) mass is 327 g/mol. The van der Waals surface area contributed by atoms with Gasteiger partial charge < -0.3 is 5.73 Å². The number of rotatable bonds is 7. The van der Waals surface area contributed by atoms with Crippen LogP contribution < -0.4 is 5.73 Å². The Kier molecular flexibility index (Phi) is 4.62. The molecule has 0 bridgehead atoms. The van der Waals surface area contributed by atoms with Crippen molar-refractivity contribution in [1.82, 2.24) is 14.7 Å². The average Bonchev–Trinajstić information content (AvgIpc) is 3.16. The lowest BCUT2D eigenvalue weighted by atomic mass is 10.3. The second-order valence-corrected chi connectivity index (χ2v) is 5.93. The lowest BCUT2D eigenvalue weighted by Gasteiger charge is -2.22. The quantitative estimate of drug-likeness (QED) is 0.596. The van der Waals surface area contributed by atoms with E-state index in [2.05, 4.69) is 37.5 Å². The molecular weight excluding hydrogens is 306 g/mol. The first-order valence-electron chi connectivity index (χ1n) is 6.81. The number of hydrogen-bond acceptors (Lipinski definition) is 3. The van der Waals surface area contributed by atoms with Crippen LogP contribution in [0.3, 0.4) is 0 Å². The Morgan fingerprint density at radius 1 is 1.58 bits per heavy atom. The van der Waals surface area contributed by atoms with Crippen molar-refractivity contribution in [2.24, 2.45) is 5.73 Å². The summed E-state index contributed by atoms with van der Waals surface area (Å²) in [6.07, 6.45) is 3.16. The van der Waals surface area contributed by atoms with Crippen LogP contribution in [-0.4, -0.2) is 33.1 Å². The zero-order valence-corrected chi connectivity index (χ0v) is 13.2. The van der Waals surface area contributed by atoms with Gasteiger partial charge in [0.2, 0.25) is 0 Å². The van der Waals surface area contributed by atoms with Crippen molar-refractivity contribution in [2.45, 2.75) is 52.2 Å². The molecule has 1 aromatic heterocycles. The second kappa shape index (κ2) is 6.05. The van der Waals surface area contributed by atoms with Crippen molar-refractivity contribution in [3.05, 3.63) is 15.9 Å². The molecule has 3 N–H and O–H groups in total. The molecule has 6 heteroatoms. The van der Waals surface area contributed by atoms with Crippen LogP contribution in [0.5, 0.6) is 0 Å². The fraction of sp³-hybridized carbons (Fsp3) is 0.692. The summed E-state index contributed by atoms with van der Waals surface area (Å²) >= 11 is 3.64. The van der Waals surface area contributed by atoms with E-state index in [1.54, 1.807) is 0 Å². The molecule has 19 heavy (non-hydrogen) atoms. The molecule has 1 heterocycles. The topological polar surface area (TPSA) is 70.9 Å². The van der Waals surface area contributed by atoms with E-state index in [1.807, 2.05) is 6.92 Å². The van der Waals surface area contributed by atoms with E-state index in [4.69, 9.17) is 11.1 Å². The SMILES string of the molecule is CCn1nc(C)c(Br)c1CN(CCC(=N)N)C1CC1. The third kappa shape index (κ3) is 3.57. The van der Waals surface area contributed by atoms with Gasteiger partial charge >= 0.3 is 0 Å². The second-order valence-electron chi connectivity index (χ2n) is 5.14. The van der Waals surface area contributed by atoms with E-state index in [0.717, 1.165) is 29.8 Å². The van der Waals surface area contributed by atoms with Gasteiger partial charge in [-0.2, -0.15) is 5.10 Å². The first kappa shape index (κ1) is 14.5. The molecule has 106 valence electrons. The number of aromatic nitrogens is 2. The molecule has 1 aliphatic carbocycles. The van der Waals surface area contributed by atoms with Gasteiger partial charge in [0.05, 0.1) is 21.7 Å². The zero-order chi connectivity index (χ0) is 14.0. The third-order valence-electron chi connectivity index (χ3n) is 3.54. The predicted octanol–water partition coefficient (Wildman–Crippen LogP) is 2.26. The van der Waals surface area contributed by atoms with Crippen molar-refractivity contribution in [3.8, 4) is 0 Å². The average molecular weight is 328 g/mol. The molecule has 0 unspecified atom stereocenters. The van der Waals surface area contributed by atoms with Crippen molar-refractivity contribution in [3.63, 3.8) is 0 Å². The maximum absolute atomic E-state index is 7.38. The summed E-state index contributed by atoms with van der Waals surface area (Å²) < 4.78 is 3.17. The largest absolute Gasteiger partial charge is 0.388 e. The van der Waals surface area contributed by atoms with Crippen molar-refractivity contribution < 1.29 is 0 Å². The number of nitrogens with one attached hydrogen (secondary N) is 1. The van der Waals surface area contributed by atoms with Crippen LogP contribution in [0.25, 0.3) is 0 Å². The summed E-state index contributed by atoms with van der Waals surface area (Å²) in [5.41, 5.74) is 7.75. The molecule has 0 spiro atoms. The van der Waals surface area contributed by atoms with E-state index in [0.29, 0.717) is 12.5 Å². The molecule has 0 saturated heterocycles. The summed E-state index contributed by atoms with van der Waals surface area (Å²) in [5.74, 6) is 0.268. The first-order chi connectivity index (χ1) is 9.02. The van der Waals surface area contributed by atoms with Crippen LogP contribution in [-0.2, 0) is 13.1 Å². The number of amidine groups is 1. The molecule has 5 nitrogen and oxygen atoms in total. The Bertz CT molecular complexity index is 464. The smallest absolute Gasteiger partial charge is 0.0918 e. The summed E-state index contributed by atoms with van der Waals surface area (Å²) in [5, 5.41) is 11.9. The maximum Gasteiger partial charge on any atom is 0.0918 e. The summed E-state index contributed by atoms with van der Waals surface area (Å²) in [6.45, 7) is 6.76. The minimum atomic E-state index is 0.268. The summed E-state index contributed by atoms with van der Waals surface area (Å²) in [7, 11) is 0. The number of hydrogen-bond donors (Lipinski definition) is 2. The van der Waals surface area contributed by atoms with Gasteiger partial charge in [0.25, 0.3) is 0 Å². The van der Waals surface area contributed by atoms with E-state index in [1.165, 1.54) is 18.5 Å². The molecule has 1 aromatic rings. The fourth-order valence-electron chi connectivity index (χ4n) is 2.31. The molecule has 0 radical (unpaired) electrons. The fourth-order valence-corrected chi connectivity index (χ4v) is 2.72. The minimum Gasteiger partial charge on any atom is -0.388 e. The van der Waals surface area contributed by atoms with Gasteiger partial charge in [-0.1, -0.05) is 0 Å². The van der Waals surface area contributed by atoms with E-state index >= 15 is 0 Å². The zero-order valence-electron chi connectivity index (χ0n) is 11.6. The molecular formula is C13H22BrN5. The molecule has 0 atom stereocenters. The Hall–Kier alpha value is -0.880. The Labute approximate surface area is 122 Å². The lowest BCUT2D eigenvalue weighted by molar-refractivity contribution is 0.253. The van der Waals surface area contributed by atoms with Crippen LogP contribution >= 0.6 is 15.9 Å². The van der Waals surface area contributed by atoms with Gasteiger partial charge in [0, 0.05) is 32.1 Å². The molecule has 0 aromatic carbocycles. The van der Waals surface area contributed by atoms with Crippen molar-refractivity contribution in [1.29, 1.82) is 5.41 Å². The minimum absolute atomic E-state index is 0.268. The van der Waals surface area contributed by atoms with E-state index in [9.17, 15) is 0 Å². The third-order valence-corrected chi connectivity index (χ3v) is 4.57. The van der Waals surface area contributed by atoms with Gasteiger partial charge in [-0.3, -0.25) is 15.0 Å². The first-order valence-corrected chi connectivity index (χ1v) is 7.61. The molecule has 0 aliphatic heterocycles. The normalized spacial score (nSPS) is 15.2. The van der Waals surface area contributed by atoms with Crippen LogP contribution in [0.4, 0.5) is 0 Å². The Balaban J connectivity index is 2.10. The van der Waals surface area contributed by atoms with Gasteiger partial charge in [0.15, 0.2) is 0 Å². The van der Waals surface area contributed by atoms with E-state index in [-0.39, 0.29) is 5.84 Å². The van der Waals surface area contributed by atoms with Crippen molar-refractivity contribution in [2.75, 3.05) is 6.54 Å². The van der Waals surface area contributed by atoms with E-state index < -0.39 is 0 Å². The summed E-state index contributed by atoms with van der Waals surface area (Å²) in [4.78, 5) is 2.43. The maximum atomic E-state index is 7.38. The highest BCUT2D eigenvalue weighted by Crippen LogP contribution is 2.30. The number of aryl methyl sites for hydroxylation is 2. The molecule has 1 fully saturated rings. The molecule has 2 rings (SSSR count). The van der Waals surface area contributed by atoms with Crippen LogP contribution in [0, 0.1) is 12.3 Å². The summed E-state index contributed by atoms with van der Waals surface area (Å²) in [6, 6.07) is 0.659. The molecule has 1 aliphatic rings. The Morgan fingerprint density at radius 3 is 2.79 bits per heavy atom. The lowest BCUT2D eigenvalue weighted by Crippen LogP contribution is -2.30. The highest BCUT2D eigenvalue weighted by Gasteiger charge is 2.30. The molecule has 1 saturated carbocycles. The van der Waals surface area contributed by atoms with Crippen LogP contribution in [0.1, 0.15) is 37.6 Å². The standard InChI is InChI=1S/C13H22BrN5/c1-3-19-11(13(14)9(2)17-19)8-18(10-4-5-10)7-6-12(15)16/h10H,3-8H2,1-2H3,(H3,15,16). The number of halogens is 1. The van der Waals surface area contributed by atoms with Gasteiger partial charge in [-0.15, -0.1) is 0 Å². The van der Waals surface area contributed by atoms with Crippen LogP contribution in [0.2, 0.25) is 0 Å². The van der Waals surface area contributed by atoms with Gasteiger partial charge in [0.1, 0.15) is 0 Å². The van der Waals surface area contributed by atoms with Crippen molar-refractivity contribution >= 4 is 21.8 Å². The molecule has 0 amide bonds. The highest BCUT2D eigenvalue weighted by atomic mass is 79.9. The van der Waals surface area contributed by atoms with Gasteiger partial charge in [-0.25, -0.2) is 0 Å².